The van der Waals surface area contributed by atoms with Crippen LogP contribution in [0.25, 0.3) is 11.2 Å². The molecule has 0 saturated carbocycles. The van der Waals surface area contributed by atoms with E-state index < -0.39 is 6.10 Å². The largest absolute Gasteiger partial charge is 0.391 e. The minimum absolute atomic E-state index is 0.154. The molecule has 0 unspecified atom stereocenters. The van der Waals surface area contributed by atoms with Crippen molar-refractivity contribution in [1.82, 2.24) is 19.5 Å². The molecule has 0 aliphatic rings. The van der Waals surface area contributed by atoms with E-state index in [1.807, 2.05) is 16.7 Å². The van der Waals surface area contributed by atoms with Crippen molar-refractivity contribution < 1.29 is 5.11 Å². The Morgan fingerprint density at radius 2 is 2.04 bits per heavy atom. The number of rotatable bonds is 5. The number of aliphatic hydroxyl groups excluding tert-OH is 1. The summed E-state index contributed by atoms with van der Waals surface area (Å²) < 4.78 is 1.88. The number of nitrogens with zero attached hydrogens (tertiary/aromatic N) is 4. The number of fused-ring (bicyclic) bond motifs is 1. The number of hydrogen-bond acceptors (Lipinski definition) is 6. The summed E-state index contributed by atoms with van der Waals surface area (Å²) in [7, 11) is 0. The maximum Gasteiger partial charge on any atom is 0.165 e. The van der Waals surface area contributed by atoms with Crippen LogP contribution in [0.5, 0.6) is 0 Å². The summed E-state index contributed by atoms with van der Waals surface area (Å²) in [6, 6.07) is 8.06. The van der Waals surface area contributed by atoms with E-state index in [1.54, 1.807) is 25.0 Å². The summed E-state index contributed by atoms with van der Waals surface area (Å²) in [6.07, 6.45) is 2.55. The van der Waals surface area contributed by atoms with Gasteiger partial charge in [0.2, 0.25) is 0 Å². The topological polar surface area (TPSA) is 89.8 Å². The fourth-order valence-electron chi connectivity index (χ4n) is 2.46. The highest BCUT2D eigenvalue weighted by molar-refractivity contribution is 7.99. The fourth-order valence-corrected chi connectivity index (χ4v) is 3.72. The molecule has 3 aromatic rings. The number of imidazole rings is 1. The Balaban J connectivity index is 1.89. The molecule has 0 aliphatic carbocycles. The van der Waals surface area contributed by atoms with E-state index in [-0.39, 0.29) is 6.04 Å². The van der Waals surface area contributed by atoms with Gasteiger partial charge in [-0.1, -0.05) is 18.2 Å². The van der Waals surface area contributed by atoms with Crippen molar-refractivity contribution in [2.45, 2.75) is 30.9 Å². The van der Waals surface area contributed by atoms with Crippen LogP contribution in [0.4, 0.5) is 5.82 Å². The second kappa shape index (κ2) is 6.55. The lowest BCUT2D eigenvalue weighted by atomic mass is 10.2. The standard InChI is InChI=1S/C16H19N5OS/c1-10-5-3-4-6-13(10)23-7-12(11(2)22)21-9-20-14-15(17)18-8-19-16(14)21/h3-6,8-9,11-12,22H,7H2,1-2H3,(H2,17,18,19)/t11-,12+/m0/s1. The van der Waals surface area contributed by atoms with Crippen LogP contribution in [0.15, 0.2) is 41.8 Å². The summed E-state index contributed by atoms with van der Waals surface area (Å²) in [5.41, 5.74) is 8.28. The quantitative estimate of drug-likeness (QED) is 0.699. The highest BCUT2D eigenvalue weighted by Gasteiger charge is 2.21. The van der Waals surface area contributed by atoms with Crippen LogP contribution >= 0.6 is 11.8 Å². The molecule has 0 aliphatic heterocycles. The molecule has 2 atom stereocenters. The highest BCUT2D eigenvalue weighted by atomic mass is 32.2. The third-order valence-corrected chi connectivity index (χ3v) is 5.08. The number of thioether (sulfide) groups is 1. The molecular weight excluding hydrogens is 310 g/mol. The first kappa shape index (κ1) is 15.8. The zero-order valence-electron chi connectivity index (χ0n) is 13.0. The fraction of sp³-hybridized carbons (Fsp3) is 0.312. The van der Waals surface area contributed by atoms with Gasteiger partial charge in [-0.25, -0.2) is 15.0 Å². The molecule has 0 radical (unpaired) electrons. The number of aliphatic hydroxyl groups is 1. The Bertz CT molecular complexity index is 817. The number of anilines is 1. The van der Waals surface area contributed by atoms with Crippen molar-refractivity contribution in [3.63, 3.8) is 0 Å². The molecule has 0 fully saturated rings. The van der Waals surface area contributed by atoms with E-state index >= 15 is 0 Å². The van der Waals surface area contributed by atoms with Crippen LogP contribution in [-0.2, 0) is 0 Å². The minimum atomic E-state index is -0.542. The lowest BCUT2D eigenvalue weighted by Crippen LogP contribution is -2.23. The highest BCUT2D eigenvalue weighted by Crippen LogP contribution is 2.29. The van der Waals surface area contributed by atoms with Crippen molar-refractivity contribution >= 4 is 28.7 Å². The van der Waals surface area contributed by atoms with Gasteiger partial charge in [-0.15, -0.1) is 11.8 Å². The van der Waals surface area contributed by atoms with Gasteiger partial charge in [0.05, 0.1) is 18.5 Å². The molecular formula is C16H19N5OS. The van der Waals surface area contributed by atoms with Gasteiger partial charge in [-0.05, 0) is 25.5 Å². The minimum Gasteiger partial charge on any atom is -0.391 e. The smallest absolute Gasteiger partial charge is 0.165 e. The van der Waals surface area contributed by atoms with Crippen molar-refractivity contribution in [1.29, 1.82) is 0 Å². The van der Waals surface area contributed by atoms with Gasteiger partial charge in [-0.3, -0.25) is 0 Å². The summed E-state index contributed by atoms with van der Waals surface area (Å²) in [5, 5.41) is 10.2. The Labute approximate surface area is 138 Å². The van der Waals surface area contributed by atoms with E-state index in [1.165, 1.54) is 16.8 Å². The van der Waals surface area contributed by atoms with E-state index in [9.17, 15) is 5.11 Å². The molecule has 0 bridgehead atoms. The Hall–Kier alpha value is -2.12. The van der Waals surface area contributed by atoms with Crippen molar-refractivity contribution in [2.24, 2.45) is 0 Å². The third kappa shape index (κ3) is 3.16. The Morgan fingerprint density at radius 3 is 2.78 bits per heavy atom. The van der Waals surface area contributed by atoms with Gasteiger partial charge >= 0.3 is 0 Å². The second-order valence-electron chi connectivity index (χ2n) is 5.47. The lowest BCUT2D eigenvalue weighted by molar-refractivity contribution is 0.143. The van der Waals surface area contributed by atoms with Gasteiger partial charge in [0.1, 0.15) is 11.8 Å². The molecule has 1 aromatic carbocycles. The van der Waals surface area contributed by atoms with Crippen LogP contribution in [-0.4, -0.2) is 36.5 Å². The molecule has 0 spiro atoms. The molecule has 3 N–H and O–H groups in total. The number of nitrogen functional groups attached to an aromatic ring is 1. The van der Waals surface area contributed by atoms with Gasteiger partial charge < -0.3 is 15.4 Å². The van der Waals surface area contributed by atoms with Crippen LogP contribution in [0, 0.1) is 6.92 Å². The number of hydrogen-bond donors (Lipinski definition) is 2. The number of benzene rings is 1. The van der Waals surface area contributed by atoms with E-state index in [0.717, 1.165) is 0 Å². The predicted octanol–water partition coefficient (Wildman–Crippen LogP) is 2.43. The summed E-state index contributed by atoms with van der Waals surface area (Å²) >= 11 is 1.71. The molecule has 0 amide bonds. The van der Waals surface area contributed by atoms with Gasteiger partial charge in [0, 0.05) is 10.6 Å². The van der Waals surface area contributed by atoms with Gasteiger partial charge in [0.25, 0.3) is 0 Å². The molecule has 7 heteroatoms. The second-order valence-corrected chi connectivity index (χ2v) is 6.53. The number of aryl methyl sites for hydroxylation is 1. The Morgan fingerprint density at radius 1 is 1.26 bits per heavy atom. The molecule has 6 nitrogen and oxygen atoms in total. The van der Waals surface area contributed by atoms with Gasteiger partial charge in [0.15, 0.2) is 11.5 Å². The van der Waals surface area contributed by atoms with E-state index in [0.29, 0.717) is 22.7 Å². The first-order valence-electron chi connectivity index (χ1n) is 7.37. The van der Waals surface area contributed by atoms with Crippen LogP contribution in [0.3, 0.4) is 0 Å². The van der Waals surface area contributed by atoms with Crippen LogP contribution in [0.2, 0.25) is 0 Å². The number of nitrogens with two attached hydrogens (primary N) is 1. The average Bonchev–Trinajstić information content (AvgIpc) is 2.94. The molecule has 0 saturated heterocycles. The predicted molar refractivity (Wildman–Crippen MR) is 92.4 cm³/mol. The molecule has 2 aromatic heterocycles. The average molecular weight is 329 g/mol. The van der Waals surface area contributed by atoms with Crippen molar-refractivity contribution in [3.8, 4) is 0 Å². The zero-order valence-corrected chi connectivity index (χ0v) is 13.9. The van der Waals surface area contributed by atoms with Crippen molar-refractivity contribution in [3.05, 3.63) is 42.5 Å². The van der Waals surface area contributed by atoms with Crippen molar-refractivity contribution in [2.75, 3.05) is 11.5 Å². The van der Waals surface area contributed by atoms with Crippen LogP contribution in [0.1, 0.15) is 18.5 Å². The molecule has 120 valence electrons. The van der Waals surface area contributed by atoms with Crippen LogP contribution < -0.4 is 5.73 Å². The molecule has 2 heterocycles. The maximum absolute atomic E-state index is 10.2. The first-order valence-corrected chi connectivity index (χ1v) is 8.36. The summed E-state index contributed by atoms with van der Waals surface area (Å²) in [6.45, 7) is 3.86. The molecule has 3 rings (SSSR count). The lowest BCUT2D eigenvalue weighted by Gasteiger charge is -2.22. The SMILES string of the molecule is Cc1ccccc1SC[C@H]([C@H](C)O)n1cnc2c(N)ncnc21. The normalized spacial score (nSPS) is 14.0. The Kier molecular flexibility index (Phi) is 4.49. The monoisotopic (exact) mass is 329 g/mol. The van der Waals surface area contributed by atoms with E-state index in [4.69, 9.17) is 5.73 Å². The zero-order chi connectivity index (χ0) is 16.4. The van der Waals surface area contributed by atoms with E-state index in [2.05, 4.69) is 34.0 Å². The third-order valence-electron chi connectivity index (χ3n) is 3.80. The first-order chi connectivity index (χ1) is 11.1. The van der Waals surface area contributed by atoms with Gasteiger partial charge in [-0.2, -0.15) is 0 Å². The molecule has 23 heavy (non-hydrogen) atoms. The maximum atomic E-state index is 10.2. The number of aromatic nitrogens is 4. The summed E-state index contributed by atoms with van der Waals surface area (Å²) in [4.78, 5) is 13.7. The summed E-state index contributed by atoms with van der Waals surface area (Å²) in [5.74, 6) is 1.06.